The summed E-state index contributed by atoms with van der Waals surface area (Å²) in [5, 5.41) is 3.30. The van der Waals surface area contributed by atoms with Crippen molar-refractivity contribution in [2.24, 2.45) is 0 Å². The first-order chi connectivity index (χ1) is 9.03. The van der Waals surface area contributed by atoms with E-state index >= 15 is 0 Å². The Kier molecular flexibility index (Phi) is 6.52. The van der Waals surface area contributed by atoms with Gasteiger partial charge in [-0.3, -0.25) is 0 Å². The molecule has 0 fully saturated rings. The molecule has 0 aromatic heterocycles. The minimum absolute atomic E-state index is 0.224. The molecule has 0 radical (unpaired) electrons. The number of hydrogen-bond acceptors (Lipinski definition) is 3. The topological polar surface area (TPSA) is 46.2 Å². The van der Waals surface area contributed by atoms with Crippen molar-refractivity contribution in [3.63, 3.8) is 0 Å². The van der Waals surface area contributed by atoms with Gasteiger partial charge in [-0.05, 0) is 44.0 Å². The normalized spacial score (nSPS) is 13.4. The minimum Gasteiger partial charge on any atom is -0.317 e. The molecule has 0 saturated carbocycles. The van der Waals surface area contributed by atoms with Gasteiger partial charge in [0, 0.05) is 6.04 Å². The van der Waals surface area contributed by atoms with Crippen LogP contribution in [0.5, 0.6) is 0 Å². The maximum absolute atomic E-state index is 11.9. The fraction of sp³-hybridized carbons (Fsp3) is 0.600. The predicted octanol–water partition coefficient (Wildman–Crippen LogP) is 2.80. The summed E-state index contributed by atoms with van der Waals surface area (Å²) in [6.07, 6.45) is 3.88. The lowest BCUT2D eigenvalue weighted by atomic mass is 10.0. The average Bonchev–Trinajstić information content (AvgIpc) is 2.39. The Morgan fingerprint density at radius 2 is 1.74 bits per heavy atom. The van der Waals surface area contributed by atoms with Gasteiger partial charge in [-0.15, -0.1) is 0 Å². The van der Waals surface area contributed by atoms with Crippen molar-refractivity contribution in [3.8, 4) is 0 Å². The van der Waals surface area contributed by atoms with Gasteiger partial charge < -0.3 is 5.32 Å². The van der Waals surface area contributed by atoms with Crippen molar-refractivity contribution in [1.29, 1.82) is 0 Å². The largest absolute Gasteiger partial charge is 0.317 e. The third-order valence-electron chi connectivity index (χ3n) is 3.28. The molecule has 19 heavy (non-hydrogen) atoms. The molecule has 0 spiro atoms. The molecule has 0 heterocycles. The first-order valence-electron chi connectivity index (χ1n) is 7.02. The van der Waals surface area contributed by atoms with Crippen LogP contribution in [0.25, 0.3) is 0 Å². The summed E-state index contributed by atoms with van der Waals surface area (Å²) in [4.78, 5) is 0.439. The third kappa shape index (κ3) is 4.96. The smallest absolute Gasteiger partial charge is 0.178 e. The van der Waals surface area contributed by atoms with Crippen LogP contribution in [0, 0.1) is 0 Å². The molecule has 1 atom stereocenters. The Balaban J connectivity index is 2.76. The lowest BCUT2D eigenvalue weighted by Gasteiger charge is -2.15. The number of nitrogens with one attached hydrogen (secondary N) is 1. The molecule has 0 aliphatic heterocycles. The van der Waals surface area contributed by atoms with Crippen molar-refractivity contribution in [2.75, 3.05) is 12.8 Å². The van der Waals surface area contributed by atoms with Crippen molar-refractivity contribution in [2.45, 2.75) is 50.5 Å². The zero-order valence-electron chi connectivity index (χ0n) is 12.1. The number of likely N-dealkylation sites (N-methyl/N-ethyl adjacent to an activating group) is 1. The van der Waals surface area contributed by atoms with Gasteiger partial charge in [-0.1, -0.05) is 32.4 Å². The van der Waals surface area contributed by atoms with E-state index in [1.54, 1.807) is 12.1 Å². The van der Waals surface area contributed by atoms with Crippen LogP contribution in [-0.2, 0) is 16.3 Å². The van der Waals surface area contributed by atoms with E-state index in [1.165, 1.54) is 5.56 Å². The van der Waals surface area contributed by atoms with Crippen LogP contribution in [0.15, 0.2) is 29.2 Å². The Labute approximate surface area is 117 Å². The minimum atomic E-state index is -3.09. The SMILES string of the molecule is CCCC(Cc1ccc(S(=O)(=O)CCC)cc1)NC. The summed E-state index contributed by atoms with van der Waals surface area (Å²) in [5.41, 5.74) is 1.18. The third-order valence-corrected chi connectivity index (χ3v) is 5.22. The number of sulfone groups is 1. The molecule has 4 heteroatoms. The Bertz CT molecular complexity index is 465. The molecule has 0 bridgehead atoms. The van der Waals surface area contributed by atoms with E-state index in [4.69, 9.17) is 0 Å². The summed E-state index contributed by atoms with van der Waals surface area (Å²) in [6.45, 7) is 4.05. The maximum atomic E-state index is 11.9. The summed E-state index contributed by atoms with van der Waals surface area (Å²) in [7, 11) is -1.11. The van der Waals surface area contributed by atoms with Crippen LogP contribution in [0.1, 0.15) is 38.7 Å². The average molecular weight is 283 g/mol. The highest BCUT2D eigenvalue weighted by molar-refractivity contribution is 7.91. The predicted molar refractivity (Wildman–Crippen MR) is 80.2 cm³/mol. The molecular weight excluding hydrogens is 258 g/mol. The molecule has 0 saturated heterocycles. The van der Waals surface area contributed by atoms with E-state index in [-0.39, 0.29) is 5.75 Å². The van der Waals surface area contributed by atoms with Gasteiger partial charge in [-0.2, -0.15) is 0 Å². The van der Waals surface area contributed by atoms with Gasteiger partial charge in [0.2, 0.25) is 0 Å². The zero-order chi connectivity index (χ0) is 14.3. The van der Waals surface area contributed by atoms with Gasteiger partial charge in [-0.25, -0.2) is 8.42 Å². The van der Waals surface area contributed by atoms with Crippen LogP contribution < -0.4 is 5.32 Å². The second-order valence-corrected chi connectivity index (χ2v) is 7.05. The lowest BCUT2D eigenvalue weighted by Crippen LogP contribution is -2.27. The molecule has 1 aromatic carbocycles. The Morgan fingerprint density at radius 3 is 2.21 bits per heavy atom. The van der Waals surface area contributed by atoms with Crippen LogP contribution in [-0.4, -0.2) is 27.3 Å². The second-order valence-electron chi connectivity index (χ2n) is 4.94. The fourth-order valence-corrected chi connectivity index (χ4v) is 3.52. The van der Waals surface area contributed by atoms with Gasteiger partial charge in [0.05, 0.1) is 10.6 Å². The fourth-order valence-electron chi connectivity index (χ4n) is 2.20. The molecule has 0 amide bonds. The van der Waals surface area contributed by atoms with Crippen molar-refractivity contribution >= 4 is 9.84 Å². The second kappa shape index (κ2) is 7.65. The molecule has 1 aromatic rings. The monoisotopic (exact) mass is 283 g/mol. The molecule has 0 aliphatic rings. The van der Waals surface area contributed by atoms with Gasteiger partial charge in [0.1, 0.15) is 0 Å². The number of hydrogen-bond donors (Lipinski definition) is 1. The first-order valence-corrected chi connectivity index (χ1v) is 8.67. The molecule has 3 nitrogen and oxygen atoms in total. The summed E-state index contributed by atoms with van der Waals surface area (Å²) >= 11 is 0. The highest BCUT2D eigenvalue weighted by atomic mass is 32.2. The summed E-state index contributed by atoms with van der Waals surface area (Å²) < 4.78 is 23.8. The number of benzene rings is 1. The van der Waals surface area contributed by atoms with Crippen LogP contribution in [0.4, 0.5) is 0 Å². The van der Waals surface area contributed by atoms with E-state index in [2.05, 4.69) is 12.2 Å². The van der Waals surface area contributed by atoms with E-state index < -0.39 is 9.84 Å². The molecule has 1 unspecified atom stereocenters. The zero-order valence-corrected chi connectivity index (χ0v) is 13.0. The van der Waals surface area contributed by atoms with Gasteiger partial charge in [0.15, 0.2) is 9.84 Å². The maximum Gasteiger partial charge on any atom is 0.178 e. The van der Waals surface area contributed by atoms with Crippen molar-refractivity contribution in [1.82, 2.24) is 5.32 Å². The molecule has 0 aliphatic carbocycles. The van der Waals surface area contributed by atoms with Gasteiger partial charge >= 0.3 is 0 Å². The van der Waals surface area contributed by atoms with Crippen LogP contribution in [0.3, 0.4) is 0 Å². The Hall–Kier alpha value is -0.870. The highest BCUT2D eigenvalue weighted by Gasteiger charge is 2.13. The standard InChI is InChI=1S/C15H25NO2S/c1-4-6-14(16-3)12-13-7-9-15(10-8-13)19(17,18)11-5-2/h7-10,14,16H,4-6,11-12H2,1-3H3. The first kappa shape index (κ1) is 16.2. The molecular formula is C15H25NO2S. The van der Waals surface area contributed by atoms with E-state index in [0.29, 0.717) is 17.4 Å². The summed E-state index contributed by atoms with van der Waals surface area (Å²) in [6, 6.07) is 7.80. The van der Waals surface area contributed by atoms with Crippen molar-refractivity contribution < 1.29 is 8.42 Å². The quantitative estimate of drug-likeness (QED) is 0.798. The van der Waals surface area contributed by atoms with E-state index in [1.807, 2.05) is 26.1 Å². The summed E-state index contributed by atoms with van der Waals surface area (Å²) in [5.74, 6) is 0.224. The Morgan fingerprint density at radius 1 is 1.11 bits per heavy atom. The molecule has 1 N–H and O–H groups in total. The number of rotatable bonds is 8. The van der Waals surface area contributed by atoms with E-state index in [9.17, 15) is 8.42 Å². The highest BCUT2D eigenvalue weighted by Crippen LogP contribution is 2.15. The molecule has 1 rings (SSSR count). The van der Waals surface area contributed by atoms with Gasteiger partial charge in [0.25, 0.3) is 0 Å². The molecule has 108 valence electrons. The van der Waals surface area contributed by atoms with Crippen molar-refractivity contribution in [3.05, 3.63) is 29.8 Å². The van der Waals surface area contributed by atoms with Crippen LogP contribution in [0.2, 0.25) is 0 Å². The van der Waals surface area contributed by atoms with E-state index in [0.717, 1.165) is 19.3 Å². The lowest BCUT2D eigenvalue weighted by molar-refractivity contribution is 0.513. The van der Waals surface area contributed by atoms with Crippen LogP contribution >= 0.6 is 0 Å².